The molecule has 6 nitrogen and oxygen atoms in total. The Labute approximate surface area is 159 Å². The van der Waals surface area contributed by atoms with Gasteiger partial charge in [0.05, 0.1) is 27.4 Å². The van der Waals surface area contributed by atoms with Gasteiger partial charge in [-0.1, -0.05) is 12.1 Å². The first-order valence-corrected chi connectivity index (χ1v) is 8.93. The lowest BCUT2D eigenvalue weighted by atomic mass is 9.95. The third-order valence-corrected chi connectivity index (χ3v) is 5.08. The number of hydrogen-bond donors (Lipinski definition) is 1. The van der Waals surface area contributed by atoms with Crippen molar-refractivity contribution in [3.8, 4) is 17.2 Å². The summed E-state index contributed by atoms with van der Waals surface area (Å²) in [7, 11) is 4.85. The summed E-state index contributed by atoms with van der Waals surface area (Å²) >= 11 is 0. The Morgan fingerprint density at radius 3 is 2.30 bits per heavy atom. The molecule has 2 aromatic carbocycles. The summed E-state index contributed by atoms with van der Waals surface area (Å²) in [6.07, 6.45) is 1.49. The fraction of sp³-hybridized carbons (Fsp3) is 0.381. The van der Waals surface area contributed by atoms with Crippen LogP contribution in [-0.4, -0.2) is 49.9 Å². The number of benzene rings is 2. The molecule has 0 amide bonds. The molecule has 6 heteroatoms. The average Bonchev–Trinajstić information content (AvgIpc) is 3.18. The van der Waals surface area contributed by atoms with E-state index in [2.05, 4.69) is 0 Å². The minimum atomic E-state index is -0.793. The van der Waals surface area contributed by atoms with Crippen LogP contribution in [0.15, 0.2) is 42.5 Å². The maximum Gasteiger partial charge on any atom is 0.320 e. The number of carbonyl (C=O) groups is 1. The first-order chi connectivity index (χ1) is 13.1. The Morgan fingerprint density at radius 1 is 1.04 bits per heavy atom. The van der Waals surface area contributed by atoms with E-state index in [1.165, 1.54) is 0 Å². The summed E-state index contributed by atoms with van der Waals surface area (Å²) in [6.45, 7) is 0.711. The summed E-state index contributed by atoms with van der Waals surface area (Å²) in [4.78, 5) is 13.9. The number of carboxylic acids is 1. The zero-order chi connectivity index (χ0) is 19.4. The average molecular weight is 371 g/mol. The highest BCUT2D eigenvalue weighted by Crippen LogP contribution is 2.40. The largest absolute Gasteiger partial charge is 0.497 e. The van der Waals surface area contributed by atoms with Crippen molar-refractivity contribution in [2.24, 2.45) is 0 Å². The van der Waals surface area contributed by atoms with E-state index in [0.29, 0.717) is 24.5 Å². The topological polar surface area (TPSA) is 68.2 Å². The SMILES string of the molecule is COc1ccc(C(c2ccc(OC)cc2OC)N2CCCC2C(=O)O)cc1. The maximum absolute atomic E-state index is 11.8. The number of rotatable bonds is 7. The van der Waals surface area contributed by atoms with Gasteiger partial charge in [0.15, 0.2) is 0 Å². The van der Waals surface area contributed by atoms with Crippen LogP contribution in [0.2, 0.25) is 0 Å². The molecule has 2 aromatic rings. The molecule has 1 aliphatic heterocycles. The van der Waals surface area contributed by atoms with Crippen LogP contribution in [0.3, 0.4) is 0 Å². The summed E-state index contributed by atoms with van der Waals surface area (Å²) in [6, 6.07) is 12.6. The molecule has 0 bridgehead atoms. The van der Waals surface area contributed by atoms with Gasteiger partial charge in [-0.3, -0.25) is 9.69 Å². The molecule has 0 aromatic heterocycles. The molecule has 2 atom stereocenters. The van der Waals surface area contributed by atoms with Crippen molar-refractivity contribution in [3.63, 3.8) is 0 Å². The van der Waals surface area contributed by atoms with Crippen LogP contribution in [0.25, 0.3) is 0 Å². The van der Waals surface area contributed by atoms with Crippen LogP contribution in [0.5, 0.6) is 17.2 Å². The van der Waals surface area contributed by atoms with E-state index in [4.69, 9.17) is 14.2 Å². The maximum atomic E-state index is 11.8. The first kappa shape index (κ1) is 19.0. The minimum absolute atomic E-state index is 0.236. The lowest BCUT2D eigenvalue weighted by molar-refractivity contribution is -0.142. The van der Waals surface area contributed by atoms with Gasteiger partial charge < -0.3 is 19.3 Å². The van der Waals surface area contributed by atoms with E-state index >= 15 is 0 Å². The highest BCUT2D eigenvalue weighted by atomic mass is 16.5. The summed E-state index contributed by atoms with van der Waals surface area (Å²) in [5, 5.41) is 9.70. The Hall–Kier alpha value is -2.73. The van der Waals surface area contributed by atoms with E-state index in [9.17, 15) is 9.90 Å². The number of aliphatic carboxylic acids is 1. The van der Waals surface area contributed by atoms with Gasteiger partial charge in [0, 0.05) is 18.2 Å². The second-order valence-electron chi connectivity index (χ2n) is 6.52. The zero-order valence-corrected chi connectivity index (χ0v) is 15.8. The van der Waals surface area contributed by atoms with E-state index < -0.39 is 12.0 Å². The van der Waals surface area contributed by atoms with E-state index in [1.54, 1.807) is 21.3 Å². The highest BCUT2D eigenvalue weighted by Gasteiger charge is 2.38. The molecule has 2 unspecified atom stereocenters. The van der Waals surface area contributed by atoms with Gasteiger partial charge in [-0.15, -0.1) is 0 Å². The molecule has 1 heterocycles. The molecule has 1 aliphatic rings. The minimum Gasteiger partial charge on any atom is -0.497 e. The van der Waals surface area contributed by atoms with Crippen LogP contribution < -0.4 is 14.2 Å². The van der Waals surface area contributed by atoms with Gasteiger partial charge in [0.2, 0.25) is 0 Å². The van der Waals surface area contributed by atoms with Crippen molar-refractivity contribution < 1.29 is 24.1 Å². The van der Waals surface area contributed by atoms with Crippen molar-refractivity contribution >= 4 is 5.97 Å². The quantitative estimate of drug-likeness (QED) is 0.805. The van der Waals surface area contributed by atoms with Gasteiger partial charge in [0.1, 0.15) is 23.3 Å². The Morgan fingerprint density at radius 2 is 1.70 bits per heavy atom. The predicted molar refractivity (Wildman–Crippen MR) is 102 cm³/mol. The number of carboxylic acid groups (broad SMARTS) is 1. The summed E-state index contributed by atoms with van der Waals surface area (Å²) in [5.74, 6) is 1.33. The van der Waals surface area contributed by atoms with Crippen molar-refractivity contribution in [1.82, 2.24) is 4.90 Å². The van der Waals surface area contributed by atoms with Crippen LogP contribution >= 0.6 is 0 Å². The molecule has 144 valence electrons. The standard InChI is InChI=1S/C21H25NO5/c1-25-15-8-6-14(7-9-15)20(22-12-4-5-18(22)21(23)24)17-11-10-16(26-2)13-19(17)27-3/h6-11,13,18,20H,4-5,12H2,1-3H3,(H,23,24). The van der Waals surface area contributed by atoms with Crippen LogP contribution in [0.4, 0.5) is 0 Å². The normalized spacial score (nSPS) is 18.1. The molecule has 1 fully saturated rings. The van der Waals surface area contributed by atoms with Crippen LogP contribution in [-0.2, 0) is 4.79 Å². The second kappa shape index (κ2) is 8.31. The zero-order valence-electron chi connectivity index (χ0n) is 15.8. The number of hydrogen-bond acceptors (Lipinski definition) is 5. The number of likely N-dealkylation sites (tertiary alicyclic amines) is 1. The first-order valence-electron chi connectivity index (χ1n) is 8.93. The molecule has 1 saturated heterocycles. The molecular formula is C21H25NO5. The summed E-state index contributed by atoms with van der Waals surface area (Å²) in [5.41, 5.74) is 1.91. The van der Waals surface area contributed by atoms with E-state index in [0.717, 1.165) is 23.3 Å². The highest BCUT2D eigenvalue weighted by molar-refractivity contribution is 5.74. The van der Waals surface area contributed by atoms with Gasteiger partial charge in [-0.2, -0.15) is 0 Å². The molecule has 0 saturated carbocycles. The fourth-order valence-electron chi connectivity index (χ4n) is 3.74. The third kappa shape index (κ3) is 3.85. The number of nitrogens with zero attached hydrogens (tertiary/aromatic N) is 1. The Balaban J connectivity index is 2.11. The molecule has 3 rings (SSSR count). The molecule has 0 radical (unpaired) electrons. The fourth-order valence-corrected chi connectivity index (χ4v) is 3.74. The van der Waals surface area contributed by atoms with Gasteiger partial charge in [-0.05, 0) is 42.7 Å². The van der Waals surface area contributed by atoms with Crippen molar-refractivity contribution in [1.29, 1.82) is 0 Å². The molecule has 27 heavy (non-hydrogen) atoms. The van der Waals surface area contributed by atoms with Gasteiger partial charge in [-0.25, -0.2) is 0 Å². The Bertz CT molecular complexity index is 790. The van der Waals surface area contributed by atoms with E-state index in [-0.39, 0.29) is 6.04 Å². The molecular weight excluding hydrogens is 346 g/mol. The third-order valence-electron chi connectivity index (χ3n) is 5.08. The van der Waals surface area contributed by atoms with Crippen molar-refractivity contribution in [3.05, 3.63) is 53.6 Å². The lowest BCUT2D eigenvalue weighted by Crippen LogP contribution is -2.39. The van der Waals surface area contributed by atoms with Gasteiger partial charge >= 0.3 is 5.97 Å². The second-order valence-corrected chi connectivity index (χ2v) is 6.52. The molecule has 1 N–H and O–H groups in total. The molecule has 0 aliphatic carbocycles. The predicted octanol–water partition coefficient (Wildman–Crippen LogP) is 3.35. The van der Waals surface area contributed by atoms with E-state index in [1.807, 2.05) is 47.4 Å². The number of ether oxygens (including phenoxy) is 3. The monoisotopic (exact) mass is 371 g/mol. The number of methoxy groups -OCH3 is 3. The van der Waals surface area contributed by atoms with Crippen LogP contribution in [0, 0.1) is 0 Å². The van der Waals surface area contributed by atoms with Crippen molar-refractivity contribution in [2.75, 3.05) is 27.9 Å². The van der Waals surface area contributed by atoms with Gasteiger partial charge in [0.25, 0.3) is 0 Å². The lowest BCUT2D eigenvalue weighted by Gasteiger charge is -2.33. The molecule has 0 spiro atoms. The van der Waals surface area contributed by atoms with Crippen LogP contribution in [0.1, 0.15) is 30.0 Å². The smallest absolute Gasteiger partial charge is 0.320 e. The summed E-state index contributed by atoms with van der Waals surface area (Å²) < 4.78 is 16.2. The Kier molecular flexibility index (Phi) is 5.86. The van der Waals surface area contributed by atoms with Crippen molar-refractivity contribution in [2.45, 2.75) is 24.9 Å².